The van der Waals surface area contributed by atoms with Gasteiger partial charge in [-0.2, -0.15) is 0 Å². The lowest BCUT2D eigenvalue weighted by molar-refractivity contribution is -0.128. The number of aryl methyl sites for hydroxylation is 1. The monoisotopic (exact) mass is 423 g/mol. The van der Waals surface area contributed by atoms with Crippen LogP contribution < -0.4 is 10.1 Å². The zero-order valence-electron chi connectivity index (χ0n) is 17.1. The van der Waals surface area contributed by atoms with E-state index in [4.69, 9.17) is 9.73 Å². The number of anilines is 1. The first-order valence-corrected chi connectivity index (χ1v) is 11.1. The predicted molar refractivity (Wildman–Crippen MR) is 120 cm³/mol. The van der Waals surface area contributed by atoms with Crippen LogP contribution in [0.1, 0.15) is 31.7 Å². The third kappa shape index (κ3) is 4.84. The molecule has 0 radical (unpaired) electrons. The highest BCUT2D eigenvalue weighted by Crippen LogP contribution is 2.39. The second kappa shape index (κ2) is 8.92. The largest absolute Gasteiger partial charge is 0.494 e. The fraction of sp³-hybridized carbons (Fsp3) is 0.348. The molecule has 0 aromatic heterocycles. The van der Waals surface area contributed by atoms with Crippen molar-refractivity contribution in [2.24, 2.45) is 4.99 Å². The van der Waals surface area contributed by atoms with Crippen LogP contribution in [0.2, 0.25) is 0 Å². The van der Waals surface area contributed by atoms with Crippen LogP contribution in [0.15, 0.2) is 53.5 Å². The molecule has 2 aromatic rings. The molecule has 1 aliphatic heterocycles. The summed E-state index contributed by atoms with van der Waals surface area (Å²) in [5.41, 5.74) is 2.64. The average molecular weight is 424 g/mol. The van der Waals surface area contributed by atoms with E-state index in [1.807, 2.05) is 62.4 Å². The zero-order valence-corrected chi connectivity index (χ0v) is 17.9. The topological polar surface area (TPSA) is 71.0 Å². The van der Waals surface area contributed by atoms with E-state index in [0.717, 1.165) is 35.5 Å². The van der Waals surface area contributed by atoms with Crippen LogP contribution in [-0.2, 0) is 9.59 Å². The molecule has 1 N–H and O–H groups in total. The van der Waals surface area contributed by atoms with Crippen LogP contribution >= 0.6 is 11.8 Å². The van der Waals surface area contributed by atoms with Gasteiger partial charge in [-0.15, -0.1) is 0 Å². The maximum absolute atomic E-state index is 13.0. The number of amidine groups is 1. The second-order valence-corrected chi connectivity index (χ2v) is 8.66. The summed E-state index contributed by atoms with van der Waals surface area (Å²) < 4.78 is 5.47. The van der Waals surface area contributed by atoms with E-state index in [1.165, 1.54) is 11.8 Å². The first-order chi connectivity index (χ1) is 14.5. The molecule has 30 heavy (non-hydrogen) atoms. The molecule has 1 aliphatic carbocycles. The number of nitrogens with one attached hydrogen (secondary N) is 1. The lowest BCUT2D eigenvalue weighted by Crippen LogP contribution is -2.35. The molecule has 4 rings (SSSR count). The Morgan fingerprint density at radius 1 is 1.17 bits per heavy atom. The summed E-state index contributed by atoms with van der Waals surface area (Å²) in [4.78, 5) is 32.0. The Morgan fingerprint density at radius 2 is 1.87 bits per heavy atom. The Balaban J connectivity index is 1.45. The number of amides is 2. The van der Waals surface area contributed by atoms with E-state index >= 15 is 0 Å². The van der Waals surface area contributed by atoms with Gasteiger partial charge in [0, 0.05) is 18.2 Å². The van der Waals surface area contributed by atoms with Crippen molar-refractivity contribution in [1.82, 2.24) is 4.90 Å². The molecule has 1 heterocycles. The third-order valence-corrected chi connectivity index (χ3v) is 6.11. The number of carbonyl (C=O) groups is 2. The number of hydrogen-bond donors (Lipinski definition) is 1. The van der Waals surface area contributed by atoms with E-state index in [1.54, 1.807) is 4.90 Å². The maximum Gasteiger partial charge on any atom is 0.242 e. The summed E-state index contributed by atoms with van der Waals surface area (Å²) in [5.74, 6) is 0.607. The van der Waals surface area contributed by atoms with Crippen LogP contribution in [0, 0.1) is 6.92 Å². The van der Waals surface area contributed by atoms with Crippen LogP contribution in [0.5, 0.6) is 5.75 Å². The van der Waals surface area contributed by atoms with E-state index in [0.29, 0.717) is 11.8 Å². The Morgan fingerprint density at radius 3 is 2.50 bits per heavy atom. The molecule has 6 nitrogen and oxygen atoms in total. The Bertz CT molecular complexity index is 953. The Labute approximate surface area is 180 Å². The second-order valence-electron chi connectivity index (χ2n) is 7.49. The van der Waals surface area contributed by atoms with Gasteiger partial charge in [-0.25, -0.2) is 4.99 Å². The summed E-state index contributed by atoms with van der Waals surface area (Å²) in [6.45, 7) is 4.55. The number of nitrogens with zero attached hydrogens (tertiary/aromatic N) is 2. The molecular formula is C23H25N3O3S. The fourth-order valence-electron chi connectivity index (χ4n) is 3.27. The van der Waals surface area contributed by atoms with Gasteiger partial charge >= 0.3 is 0 Å². The summed E-state index contributed by atoms with van der Waals surface area (Å²) in [6.07, 6.45) is 2.09. The van der Waals surface area contributed by atoms with Gasteiger partial charge in [0.15, 0.2) is 5.17 Å². The number of thioether (sulfide) groups is 1. The van der Waals surface area contributed by atoms with E-state index in [-0.39, 0.29) is 24.3 Å². The van der Waals surface area contributed by atoms with Gasteiger partial charge < -0.3 is 10.1 Å². The molecule has 1 atom stereocenters. The number of aliphatic imine (C=N–C) groups is 1. The number of ether oxygens (including phenoxy) is 1. The van der Waals surface area contributed by atoms with Crippen molar-refractivity contribution in [2.75, 3.05) is 11.9 Å². The fourth-order valence-corrected chi connectivity index (χ4v) is 4.49. The van der Waals surface area contributed by atoms with Crippen molar-refractivity contribution in [3.63, 3.8) is 0 Å². The Hall–Kier alpha value is -2.80. The average Bonchev–Trinajstić information content (AvgIpc) is 3.51. The number of benzene rings is 2. The smallest absolute Gasteiger partial charge is 0.242 e. The van der Waals surface area contributed by atoms with Crippen molar-refractivity contribution >= 4 is 40.1 Å². The van der Waals surface area contributed by atoms with Gasteiger partial charge in [-0.1, -0.05) is 29.5 Å². The lowest BCUT2D eigenvalue weighted by Gasteiger charge is -2.15. The van der Waals surface area contributed by atoms with Gasteiger partial charge in [0.1, 0.15) is 11.0 Å². The molecule has 1 saturated heterocycles. The quantitative estimate of drug-likeness (QED) is 0.711. The van der Waals surface area contributed by atoms with Crippen LogP contribution in [0.3, 0.4) is 0 Å². The van der Waals surface area contributed by atoms with E-state index in [9.17, 15) is 9.59 Å². The van der Waals surface area contributed by atoms with Crippen molar-refractivity contribution in [3.05, 3.63) is 54.1 Å². The highest BCUT2D eigenvalue weighted by molar-refractivity contribution is 8.15. The maximum atomic E-state index is 13.0. The number of rotatable bonds is 7. The SMILES string of the molecule is CCOc1ccc(N=C2SC(CC(=O)Nc3ccc(C)cc3)C(=O)N2C2CC2)cc1. The summed E-state index contributed by atoms with van der Waals surface area (Å²) in [6, 6.07) is 15.3. The zero-order chi connectivity index (χ0) is 21.1. The van der Waals surface area contributed by atoms with Crippen LogP contribution in [0.25, 0.3) is 0 Å². The Kier molecular flexibility index (Phi) is 6.08. The highest BCUT2D eigenvalue weighted by atomic mass is 32.2. The molecule has 0 bridgehead atoms. The highest BCUT2D eigenvalue weighted by Gasteiger charge is 2.46. The van der Waals surface area contributed by atoms with Gasteiger partial charge in [0.25, 0.3) is 0 Å². The summed E-state index contributed by atoms with van der Waals surface area (Å²) in [7, 11) is 0. The molecular weight excluding hydrogens is 398 g/mol. The summed E-state index contributed by atoms with van der Waals surface area (Å²) >= 11 is 1.38. The molecule has 0 spiro atoms. The molecule has 2 fully saturated rings. The third-order valence-electron chi connectivity index (χ3n) is 4.96. The van der Waals surface area contributed by atoms with E-state index in [2.05, 4.69) is 5.32 Å². The summed E-state index contributed by atoms with van der Waals surface area (Å²) in [5, 5.41) is 3.12. The first kappa shape index (κ1) is 20.5. The standard InChI is InChI=1S/C23H25N3O3S/c1-3-29-19-12-8-17(9-13-19)25-23-26(18-10-11-18)22(28)20(30-23)14-21(27)24-16-6-4-15(2)5-7-16/h4-9,12-13,18,20H,3,10-11,14H2,1-2H3,(H,24,27). The van der Waals surface area contributed by atoms with Crippen molar-refractivity contribution in [3.8, 4) is 5.75 Å². The van der Waals surface area contributed by atoms with E-state index < -0.39 is 5.25 Å². The number of hydrogen-bond acceptors (Lipinski definition) is 5. The predicted octanol–water partition coefficient (Wildman–Crippen LogP) is 4.52. The van der Waals surface area contributed by atoms with Crippen molar-refractivity contribution in [2.45, 2.75) is 44.4 Å². The molecule has 156 valence electrons. The number of carbonyl (C=O) groups excluding carboxylic acids is 2. The molecule has 2 aromatic carbocycles. The van der Waals surface area contributed by atoms with Crippen LogP contribution in [0.4, 0.5) is 11.4 Å². The van der Waals surface area contributed by atoms with Crippen LogP contribution in [-0.4, -0.2) is 39.8 Å². The lowest BCUT2D eigenvalue weighted by atomic mass is 10.2. The molecule has 1 saturated carbocycles. The molecule has 7 heteroatoms. The van der Waals surface area contributed by atoms with Gasteiger partial charge in [0.05, 0.1) is 12.3 Å². The minimum atomic E-state index is -0.447. The van der Waals surface area contributed by atoms with Crippen molar-refractivity contribution < 1.29 is 14.3 Å². The molecule has 2 amide bonds. The van der Waals surface area contributed by atoms with Gasteiger partial charge in [-0.05, 0) is 63.1 Å². The molecule has 2 aliphatic rings. The molecule has 1 unspecified atom stereocenters. The van der Waals surface area contributed by atoms with Gasteiger partial charge in [0.2, 0.25) is 11.8 Å². The van der Waals surface area contributed by atoms with Crippen molar-refractivity contribution in [1.29, 1.82) is 0 Å². The minimum Gasteiger partial charge on any atom is -0.494 e. The van der Waals surface area contributed by atoms with Gasteiger partial charge in [-0.3, -0.25) is 14.5 Å². The normalized spacial score (nSPS) is 19.9. The minimum absolute atomic E-state index is 0.0220. The first-order valence-electron chi connectivity index (χ1n) is 10.2.